The van der Waals surface area contributed by atoms with Crippen LogP contribution in [0.2, 0.25) is 0 Å². The highest BCUT2D eigenvalue weighted by Crippen LogP contribution is 2.10. The number of amides is 2. The van der Waals surface area contributed by atoms with Crippen molar-refractivity contribution in [2.24, 2.45) is 0 Å². The van der Waals surface area contributed by atoms with Gasteiger partial charge in [0.05, 0.1) is 19.1 Å². The molecule has 5 heteroatoms. The highest BCUT2D eigenvalue weighted by Gasteiger charge is 2.22. The smallest absolute Gasteiger partial charge is 0.275 e. The van der Waals surface area contributed by atoms with Gasteiger partial charge < -0.3 is 15.5 Å². The van der Waals surface area contributed by atoms with Gasteiger partial charge in [-0.1, -0.05) is 30.3 Å². The summed E-state index contributed by atoms with van der Waals surface area (Å²) in [5, 5.41) is 5.73. The summed E-state index contributed by atoms with van der Waals surface area (Å²) >= 11 is 0. The number of quaternary nitrogens is 1. The van der Waals surface area contributed by atoms with Crippen molar-refractivity contribution in [1.82, 2.24) is 10.6 Å². The number of rotatable bonds is 4. The highest BCUT2D eigenvalue weighted by molar-refractivity contribution is 5.79. The number of hydrogen-bond acceptors (Lipinski definition) is 2. The Morgan fingerprint density at radius 2 is 2.16 bits per heavy atom. The molecule has 0 aromatic heterocycles. The molecule has 0 saturated carbocycles. The van der Waals surface area contributed by atoms with Gasteiger partial charge in [-0.2, -0.15) is 0 Å². The first kappa shape index (κ1) is 13.5. The first-order chi connectivity index (χ1) is 9.15. The molecule has 0 radical (unpaired) electrons. The molecule has 0 aliphatic carbocycles. The molecule has 1 unspecified atom stereocenters. The third-order valence-corrected chi connectivity index (χ3v) is 3.30. The lowest BCUT2D eigenvalue weighted by Crippen LogP contribution is -3.16. The van der Waals surface area contributed by atoms with Gasteiger partial charge in [-0.05, 0) is 12.5 Å². The quantitative estimate of drug-likeness (QED) is 0.643. The van der Waals surface area contributed by atoms with Crippen LogP contribution in [0.15, 0.2) is 30.3 Å². The van der Waals surface area contributed by atoms with Crippen molar-refractivity contribution >= 4 is 11.8 Å². The van der Waals surface area contributed by atoms with Gasteiger partial charge in [-0.3, -0.25) is 9.59 Å². The van der Waals surface area contributed by atoms with E-state index >= 15 is 0 Å². The number of nitrogens with one attached hydrogen (secondary N) is 3. The van der Waals surface area contributed by atoms with Crippen molar-refractivity contribution in [1.29, 1.82) is 0 Å². The Hall–Kier alpha value is -1.88. The molecule has 1 aliphatic rings. The van der Waals surface area contributed by atoms with Crippen LogP contribution >= 0.6 is 0 Å². The minimum atomic E-state index is -0.0129. The molecule has 1 saturated heterocycles. The van der Waals surface area contributed by atoms with E-state index in [1.165, 1.54) is 0 Å². The minimum absolute atomic E-state index is 0.00767. The number of hydrogen-bond donors (Lipinski definition) is 3. The van der Waals surface area contributed by atoms with Gasteiger partial charge in [0.15, 0.2) is 13.1 Å². The second-order valence-corrected chi connectivity index (χ2v) is 4.90. The summed E-state index contributed by atoms with van der Waals surface area (Å²) in [5.41, 5.74) is 1.09. The molecule has 1 fully saturated rings. The molecule has 0 bridgehead atoms. The Labute approximate surface area is 113 Å². The fraction of sp³-hybridized carbons (Fsp3) is 0.429. The lowest BCUT2D eigenvalue weighted by Gasteiger charge is -2.23. The summed E-state index contributed by atoms with van der Waals surface area (Å²) in [6, 6.07) is 9.84. The van der Waals surface area contributed by atoms with Crippen molar-refractivity contribution in [2.45, 2.75) is 13.0 Å². The summed E-state index contributed by atoms with van der Waals surface area (Å²) in [7, 11) is 0. The molecule has 2 rings (SSSR count). The lowest BCUT2D eigenvalue weighted by molar-refractivity contribution is -0.885. The molecule has 1 aromatic rings. The fourth-order valence-electron chi connectivity index (χ4n) is 2.25. The Morgan fingerprint density at radius 1 is 1.42 bits per heavy atom. The topological polar surface area (TPSA) is 62.6 Å². The first-order valence-electron chi connectivity index (χ1n) is 6.59. The molecule has 1 heterocycles. The third kappa shape index (κ3) is 4.06. The maximum Gasteiger partial charge on any atom is 0.275 e. The van der Waals surface area contributed by atoms with Crippen LogP contribution in [0.4, 0.5) is 0 Å². The Morgan fingerprint density at radius 3 is 2.84 bits per heavy atom. The van der Waals surface area contributed by atoms with E-state index in [0.717, 1.165) is 17.0 Å². The Bertz CT molecular complexity index is 447. The zero-order valence-electron chi connectivity index (χ0n) is 11.1. The van der Waals surface area contributed by atoms with E-state index in [4.69, 9.17) is 0 Å². The summed E-state index contributed by atoms with van der Waals surface area (Å²) in [5.74, 6) is 0.00575. The number of carbonyl (C=O) groups is 2. The van der Waals surface area contributed by atoms with Crippen LogP contribution < -0.4 is 15.5 Å². The Kier molecular flexibility index (Phi) is 4.52. The molecule has 19 heavy (non-hydrogen) atoms. The van der Waals surface area contributed by atoms with Crippen LogP contribution in [-0.2, 0) is 9.59 Å². The third-order valence-electron chi connectivity index (χ3n) is 3.30. The summed E-state index contributed by atoms with van der Waals surface area (Å²) in [6.45, 7) is 4.15. The molecular formula is C14H20N3O2+. The van der Waals surface area contributed by atoms with Gasteiger partial charge in [0.1, 0.15) is 0 Å². The number of piperazine rings is 1. The van der Waals surface area contributed by atoms with Gasteiger partial charge in [0, 0.05) is 0 Å². The minimum Gasteiger partial charge on any atom is -0.346 e. The highest BCUT2D eigenvalue weighted by atomic mass is 16.2. The molecule has 102 valence electrons. The number of benzene rings is 1. The van der Waals surface area contributed by atoms with E-state index in [-0.39, 0.29) is 17.9 Å². The SMILES string of the molecule is C[C@@H](NC(=O)C[NH+]1CCNC(=O)C1)c1ccccc1. The second-order valence-electron chi connectivity index (χ2n) is 4.90. The predicted molar refractivity (Wildman–Crippen MR) is 71.6 cm³/mol. The standard InChI is InChI=1S/C14H19N3O2/c1-11(12-5-3-2-4-6-12)16-14(19)10-17-8-7-15-13(18)9-17/h2-6,11H,7-10H2,1H3,(H,15,18)(H,16,19)/p+1/t11-/m1/s1. The predicted octanol–water partition coefficient (Wildman–Crippen LogP) is -1.12. The largest absolute Gasteiger partial charge is 0.346 e. The van der Waals surface area contributed by atoms with Crippen molar-refractivity contribution in [3.8, 4) is 0 Å². The van der Waals surface area contributed by atoms with E-state index in [2.05, 4.69) is 10.6 Å². The molecule has 1 aliphatic heterocycles. The van der Waals surface area contributed by atoms with E-state index in [1.54, 1.807) is 0 Å². The van der Waals surface area contributed by atoms with Gasteiger partial charge >= 0.3 is 0 Å². The van der Waals surface area contributed by atoms with E-state index < -0.39 is 0 Å². The van der Waals surface area contributed by atoms with Gasteiger partial charge in [-0.15, -0.1) is 0 Å². The lowest BCUT2D eigenvalue weighted by atomic mass is 10.1. The molecule has 3 N–H and O–H groups in total. The molecular weight excluding hydrogens is 242 g/mol. The van der Waals surface area contributed by atoms with Gasteiger partial charge in [0.2, 0.25) is 0 Å². The zero-order valence-corrected chi connectivity index (χ0v) is 11.1. The maximum absolute atomic E-state index is 11.9. The van der Waals surface area contributed by atoms with Crippen LogP contribution in [0.1, 0.15) is 18.5 Å². The first-order valence-corrected chi connectivity index (χ1v) is 6.59. The summed E-state index contributed by atoms with van der Waals surface area (Å²) in [6.07, 6.45) is 0. The molecule has 2 amide bonds. The van der Waals surface area contributed by atoms with E-state index in [0.29, 0.717) is 19.6 Å². The van der Waals surface area contributed by atoms with Crippen LogP contribution in [0, 0.1) is 0 Å². The van der Waals surface area contributed by atoms with E-state index in [9.17, 15) is 9.59 Å². The average molecular weight is 262 g/mol. The van der Waals surface area contributed by atoms with Crippen molar-refractivity contribution in [3.63, 3.8) is 0 Å². The van der Waals surface area contributed by atoms with Crippen LogP contribution in [0.25, 0.3) is 0 Å². The zero-order chi connectivity index (χ0) is 13.7. The van der Waals surface area contributed by atoms with Crippen molar-refractivity contribution in [2.75, 3.05) is 26.2 Å². The van der Waals surface area contributed by atoms with Crippen molar-refractivity contribution < 1.29 is 14.5 Å². The average Bonchev–Trinajstić information content (AvgIpc) is 2.39. The molecule has 0 spiro atoms. The summed E-state index contributed by atoms with van der Waals surface area (Å²) in [4.78, 5) is 24.2. The van der Waals surface area contributed by atoms with Crippen LogP contribution in [-0.4, -0.2) is 38.0 Å². The van der Waals surface area contributed by atoms with Gasteiger partial charge in [0.25, 0.3) is 11.8 Å². The monoisotopic (exact) mass is 262 g/mol. The van der Waals surface area contributed by atoms with Crippen LogP contribution in [0.3, 0.4) is 0 Å². The fourth-order valence-corrected chi connectivity index (χ4v) is 2.25. The van der Waals surface area contributed by atoms with Crippen molar-refractivity contribution in [3.05, 3.63) is 35.9 Å². The van der Waals surface area contributed by atoms with E-state index in [1.807, 2.05) is 37.3 Å². The maximum atomic E-state index is 11.9. The molecule has 1 aromatic carbocycles. The summed E-state index contributed by atoms with van der Waals surface area (Å²) < 4.78 is 0. The van der Waals surface area contributed by atoms with Gasteiger partial charge in [-0.25, -0.2) is 0 Å². The van der Waals surface area contributed by atoms with Crippen LogP contribution in [0.5, 0.6) is 0 Å². The Balaban J connectivity index is 1.82. The molecule has 2 atom stereocenters. The normalized spacial score (nSPS) is 20.5. The molecule has 5 nitrogen and oxygen atoms in total. The number of carbonyl (C=O) groups excluding carboxylic acids is 2. The second kappa shape index (κ2) is 6.33.